The van der Waals surface area contributed by atoms with E-state index in [0.29, 0.717) is 37.3 Å². The highest BCUT2D eigenvalue weighted by Gasteiger charge is 2.35. The van der Waals surface area contributed by atoms with Crippen molar-refractivity contribution in [1.82, 2.24) is 20.2 Å². The zero-order valence-electron chi connectivity index (χ0n) is 17.0. The number of H-pyrrole nitrogens is 1. The number of hydrogen-bond acceptors (Lipinski definition) is 5. The van der Waals surface area contributed by atoms with Gasteiger partial charge in [0.2, 0.25) is 5.78 Å². The number of nitrogens with zero attached hydrogens (tertiary/aromatic N) is 2. The van der Waals surface area contributed by atoms with E-state index in [9.17, 15) is 14.4 Å². The quantitative estimate of drug-likeness (QED) is 0.515. The van der Waals surface area contributed by atoms with Crippen LogP contribution in [0.25, 0.3) is 0 Å². The van der Waals surface area contributed by atoms with E-state index in [2.05, 4.69) is 15.3 Å². The van der Waals surface area contributed by atoms with Crippen molar-refractivity contribution in [2.75, 3.05) is 19.7 Å². The molecule has 1 aromatic carbocycles. The molecule has 2 N–H and O–H groups in total. The van der Waals surface area contributed by atoms with Crippen molar-refractivity contribution < 1.29 is 19.1 Å². The first kappa shape index (κ1) is 22.0. The number of carbonyl (C=O) groups excluding carboxylic acids is 3. The average molecular weight is 433 g/mol. The van der Waals surface area contributed by atoms with Crippen molar-refractivity contribution in [3.05, 3.63) is 52.6 Å². The molecule has 2 atom stereocenters. The number of piperidine rings is 1. The molecule has 3 rings (SSSR count). The van der Waals surface area contributed by atoms with Crippen molar-refractivity contribution in [2.45, 2.75) is 38.8 Å². The van der Waals surface area contributed by atoms with Crippen LogP contribution in [0, 0.1) is 0 Å². The van der Waals surface area contributed by atoms with E-state index in [0.717, 1.165) is 0 Å². The van der Waals surface area contributed by atoms with Gasteiger partial charge in [-0.05, 0) is 19.8 Å². The number of ether oxygens (including phenoxy) is 1. The van der Waals surface area contributed by atoms with Crippen LogP contribution in [0.2, 0.25) is 5.15 Å². The first-order valence-corrected chi connectivity index (χ1v) is 10.4. The average Bonchev–Trinajstić information content (AvgIpc) is 3.15. The lowest BCUT2D eigenvalue weighted by molar-refractivity contribution is -0.131. The van der Waals surface area contributed by atoms with Crippen LogP contribution in [0.4, 0.5) is 0 Å². The van der Waals surface area contributed by atoms with Gasteiger partial charge in [-0.3, -0.25) is 14.4 Å². The molecule has 0 saturated carbocycles. The number of hydrogen-bond donors (Lipinski definition) is 2. The number of aromatic amines is 1. The number of imidazole rings is 1. The molecule has 2 heterocycles. The maximum atomic E-state index is 12.7. The minimum atomic E-state index is -0.568. The number of amides is 2. The summed E-state index contributed by atoms with van der Waals surface area (Å²) in [6.07, 6.45) is 0.659. The molecule has 9 heteroatoms. The summed E-state index contributed by atoms with van der Waals surface area (Å²) in [5, 5.41) is 3.20. The molecule has 1 aliphatic heterocycles. The monoisotopic (exact) mass is 432 g/mol. The maximum Gasteiger partial charge on any atom is 0.295 e. The van der Waals surface area contributed by atoms with Crippen molar-refractivity contribution in [2.24, 2.45) is 0 Å². The summed E-state index contributed by atoms with van der Waals surface area (Å²) in [5.74, 6) is -1.36. The Morgan fingerprint density at radius 3 is 2.63 bits per heavy atom. The highest BCUT2D eigenvalue weighted by Crippen LogP contribution is 2.18. The van der Waals surface area contributed by atoms with Crippen molar-refractivity contribution in [3.8, 4) is 0 Å². The number of Topliss-reactive ketones (excluding diaryl/α,β-unsaturated/α-hetero) is 1. The molecule has 0 bridgehead atoms. The minimum absolute atomic E-state index is 0.143. The van der Waals surface area contributed by atoms with E-state index in [4.69, 9.17) is 16.3 Å². The van der Waals surface area contributed by atoms with Crippen LogP contribution in [0.15, 0.2) is 30.3 Å². The van der Waals surface area contributed by atoms with Gasteiger partial charge < -0.3 is 19.9 Å². The number of nitrogens with one attached hydrogen (secondary N) is 2. The summed E-state index contributed by atoms with van der Waals surface area (Å²) >= 11 is 6.02. The predicted octanol–water partition coefficient (Wildman–Crippen LogP) is 2.24. The van der Waals surface area contributed by atoms with E-state index in [1.807, 2.05) is 13.8 Å². The fourth-order valence-electron chi connectivity index (χ4n) is 3.47. The normalized spacial score (nSPS) is 18.8. The van der Waals surface area contributed by atoms with Crippen LogP contribution < -0.4 is 5.32 Å². The number of benzene rings is 1. The van der Waals surface area contributed by atoms with Gasteiger partial charge in [-0.25, -0.2) is 4.98 Å². The van der Waals surface area contributed by atoms with Crippen LogP contribution in [-0.2, 0) is 16.0 Å². The largest absolute Gasteiger partial charge is 0.375 e. The van der Waals surface area contributed by atoms with Gasteiger partial charge in [0.1, 0.15) is 0 Å². The topological polar surface area (TPSA) is 104 Å². The van der Waals surface area contributed by atoms with Gasteiger partial charge in [0, 0.05) is 25.3 Å². The van der Waals surface area contributed by atoms with Crippen molar-refractivity contribution in [1.29, 1.82) is 0 Å². The van der Waals surface area contributed by atoms with Crippen LogP contribution in [0.3, 0.4) is 0 Å². The van der Waals surface area contributed by atoms with Crippen LogP contribution in [-0.4, -0.2) is 64.3 Å². The summed E-state index contributed by atoms with van der Waals surface area (Å²) in [6, 6.07) is 8.14. The summed E-state index contributed by atoms with van der Waals surface area (Å²) in [5.41, 5.74) is 1.05. The van der Waals surface area contributed by atoms with Gasteiger partial charge >= 0.3 is 0 Å². The Kier molecular flexibility index (Phi) is 7.23. The lowest BCUT2D eigenvalue weighted by Crippen LogP contribution is -2.57. The zero-order valence-corrected chi connectivity index (χ0v) is 17.7. The third-order valence-electron chi connectivity index (χ3n) is 5.07. The minimum Gasteiger partial charge on any atom is -0.375 e. The van der Waals surface area contributed by atoms with Gasteiger partial charge in [-0.15, -0.1) is 0 Å². The molecule has 8 nitrogen and oxygen atoms in total. The van der Waals surface area contributed by atoms with Gasteiger partial charge in [0.25, 0.3) is 11.8 Å². The molecule has 2 amide bonds. The molecule has 0 radical (unpaired) electrons. The molecule has 0 spiro atoms. The molecule has 2 aromatic rings. The second-order valence-electron chi connectivity index (χ2n) is 7.02. The van der Waals surface area contributed by atoms with Gasteiger partial charge in [-0.1, -0.05) is 48.9 Å². The second kappa shape index (κ2) is 9.86. The Morgan fingerprint density at radius 2 is 2.00 bits per heavy atom. The number of carbonyl (C=O) groups is 3. The lowest BCUT2D eigenvalue weighted by atomic mass is 10.00. The standard InChI is InChI=1S/C21H25ClN4O4/c1-3-14-18(22)25-19(23-14)20(28)24-15-10-11-26(12-16(15)30-4-2)21(29)17(27)13-8-6-5-7-9-13/h5-9,15-16H,3-4,10-12H2,1-2H3,(H,23,25)(H,24,28). The Balaban J connectivity index is 1.66. The number of likely N-dealkylation sites (tertiary alicyclic amines) is 1. The number of ketones is 1. The highest BCUT2D eigenvalue weighted by atomic mass is 35.5. The summed E-state index contributed by atoms with van der Waals surface area (Å²) in [4.78, 5) is 46.2. The Bertz CT molecular complexity index is 915. The molecule has 1 aromatic heterocycles. The smallest absolute Gasteiger partial charge is 0.295 e. The molecule has 1 fully saturated rings. The van der Waals surface area contributed by atoms with Crippen LogP contribution >= 0.6 is 11.6 Å². The molecule has 160 valence electrons. The number of aromatic nitrogens is 2. The SMILES string of the molecule is CCOC1CN(C(=O)C(=O)c2ccccc2)CCC1NC(=O)c1nc(Cl)c(CC)[nH]1. The summed E-state index contributed by atoms with van der Waals surface area (Å²) in [6.45, 7) is 4.73. The van der Waals surface area contributed by atoms with Crippen LogP contribution in [0.1, 0.15) is 46.9 Å². The number of halogens is 1. The van der Waals surface area contributed by atoms with E-state index < -0.39 is 17.8 Å². The Hall–Kier alpha value is -2.71. The molecule has 30 heavy (non-hydrogen) atoms. The van der Waals surface area contributed by atoms with E-state index in [1.54, 1.807) is 30.3 Å². The second-order valence-corrected chi connectivity index (χ2v) is 7.38. The first-order valence-electron chi connectivity index (χ1n) is 10.00. The Labute approximate surface area is 180 Å². The fraction of sp³-hybridized carbons (Fsp3) is 0.429. The zero-order chi connectivity index (χ0) is 21.7. The molecular formula is C21H25ClN4O4. The molecule has 2 unspecified atom stereocenters. The molecule has 0 aliphatic carbocycles. The van der Waals surface area contributed by atoms with Crippen molar-refractivity contribution >= 4 is 29.2 Å². The first-order chi connectivity index (χ1) is 14.4. The fourth-order valence-corrected chi connectivity index (χ4v) is 3.74. The van der Waals surface area contributed by atoms with E-state index >= 15 is 0 Å². The number of rotatable bonds is 7. The third kappa shape index (κ3) is 4.88. The predicted molar refractivity (Wildman–Crippen MR) is 112 cm³/mol. The molecule has 1 saturated heterocycles. The number of aryl methyl sites for hydroxylation is 1. The lowest BCUT2D eigenvalue weighted by Gasteiger charge is -2.38. The van der Waals surface area contributed by atoms with E-state index in [1.165, 1.54) is 4.90 Å². The summed E-state index contributed by atoms with van der Waals surface area (Å²) < 4.78 is 5.77. The van der Waals surface area contributed by atoms with Gasteiger partial charge in [0.15, 0.2) is 11.0 Å². The molecular weight excluding hydrogens is 408 g/mol. The Morgan fingerprint density at radius 1 is 1.27 bits per heavy atom. The van der Waals surface area contributed by atoms with Gasteiger partial charge in [0.05, 0.1) is 17.8 Å². The van der Waals surface area contributed by atoms with Crippen LogP contribution in [0.5, 0.6) is 0 Å². The van der Waals surface area contributed by atoms with Gasteiger partial charge in [-0.2, -0.15) is 0 Å². The highest BCUT2D eigenvalue weighted by molar-refractivity contribution is 6.42. The summed E-state index contributed by atoms with van der Waals surface area (Å²) in [7, 11) is 0. The molecule has 1 aliphatic rings. The van der Waals surface area contributed by atoms with Crippen molar-refractivity contribution in [3.63, 3.8) is 0 Å². The van der Waals surface area contributed by atoms with E-state index in [-0.39, 0.29) is 29.5 Å². The maximum absolute atomic E-state index is 12.7. The third-order valence-corrected chi connectivity index (χ3v) is 5.38.